The van der Waals surface area contributed by atoms with Crippen molar-refractivity contribution in [2.75, 3.05) is 18.4 Å². The summed E-state index contributed by atoms with van der Waals surface area (Å²) in [5, 5.41) is 6.17. The fraction of sp³-hybridized carbons (Fsp3) is 0.500. The van der Waals surface area contributed by atoms with E-state index in [0.717, 1.165) is 31.8 Å². The minimum Gasteiger partial charge on any atom is -0.361 e. The van der Waals surface area contributed by atoms with Crippen molar-refractivity contribution in [1.29, 1.82) is 0 Å². The molecule has 0 aromatic carbocycles. The Labute approximate surface area is 86.9 Å². The molecule has 2 heterocycles. The average Bonchev–Trinajstić information content (AvgIpc) is 2.58. The summed E-state index contributed by atoms with van der Waals surface area (Å²) < 4.78 is 25.9. The number of rotatable bonds is 2. The second-order valence-electron chi connectivity index (χ2n) is 4.10. The van der Waals surface area contributed by atoms with Crippen molar-refractivity contribution in [2.45, 2.75) is 18.9 Å². The minimum atomic E-state index is -0.659. The zero-order valence-electron chi connectivity index (χ0n) is 8.48. The largest absolute Gasteiger partial charge is 0.361 e. The van der Waals surface area contributed by atoms with Gasteiger partial charge in [-0.25, -0.2) is 13.8 Å². The van der Waals surface area contributed by atoms with Gasteiger partial charge >= 0.3 is 0 Å². The highest BCUT2D eigenvalue weighted by Crippen LogP contribution is 2.21. The third-order valence-electron chi connectivity index (χ3n) is 2.60. The van der Waals surface area contributed by atoms with Gasteiger partial charge in [-0.1, -0.05) is 0 Å². The highest BCUT2D eigenvalue weighted by atomic mass is 19.1. The maximum absolute atomic E-state index is 13.3. The summed E-state index contributed by atoms with van der Waals surface area (Å²) in [7, 11) is 0. The number of nitrogens with one attached hydrogen (secondary N) is 2. The number of nitrogens with zero attached hydrogens (tertiary/aromatic N) is 1. The molecule has 1 unspecified atom stereocenters. The van der Waals surface area contributed by atoms with Crippen LogP contribution in [0.1, 0.15) is 13.3 Å². The molecule has 1 aromatic rings. The molecule has 1 fully saturated rings. The zero-order valence-corrected chi connectivity index (χ0v) is 8.48. The van der Waals surface area contributed by atoms with Crippen LogP contribution in [0.2, 0.25) is 0 Å². The quantitative estimate of drug-likeness (QED) is 0.782. The van der Waals surface area contributed by atoms with Crippen LogP contribution in [-0.4, -0.2) is 23.6 Å². The van der Waals surface area contributed by atoms with Crippen LogP contribution in [0.3, 0.4) is 0 Å². The molecular weight excluding hydrogens is 200 g/mol. The second kappa shape index (κ2) is 3.73. The summed E-state index contributed by atoms with van der Waals surface area (Å²) in [5.41, 5.74) is -0.203. The molecule has 1 atom stereocenters. The second-order valence-corrected chi connectivity index (χ2v) is 4.10. The summed E-state index contributed by atoms with van der Waals surface area (Å²) in [6, 6.07) is 0.834. The lowest BCUT2D eigenvalue weighted by atomic mass is 10.0. The van der Waals surface area contributed by atoms with Gasteiger partial charge in [0.25, 0.3) is 0 Å². The Morgan fingerprint density at radius 3 is 2.93 bits per heavy atom. The van der Waals surface area contributed by atoms with Crippen LogP contribution in [-0.2, 0) is 0 Å². The van der Waals surface area contributed by atoms with E-state index in [9.17, 15) is 8.78 Å². The van der Waals surface area contributed by atoms with Gasteiger partial charge in [0.05, 0.1) is 6.20 Å². The van der Waals surface area contributed by atoms with E-state index in [2.05, 4.69) is 15.6 Å². The van der Waals surface area contributed by atoms with Crippen LogP contribution in [0.15, 0.2) is 12.3 Å². The molecule has 15 heavy (non-hydrogen) atoms. The number of aromatic nitrogens is 1. The molecule has 2 N–H and O–H groups in total. The van der Waals surface area contributed by atoms with Crippen LogP contribution in [0, 0.1) is 11.6 Å². The van der Waals surface area contributed by atoms with Crippen molar-refractivity contribution < 1.29 is 8.78 Å². The molecule has 0 spiro atoms. The molecule has 0 bridgehead atoms. The van der Waals surface area contributed by atoms with Crippen molar-refractivity contribution in [3.8, 4) is 0 Å². The first kappa shape index (κ1) is 10.3. The van der Waals surface area contributed by atoms with E-state index in [-0.39, 0.29) is 11.4 Å². The maximum atomic E-state index is 13.3. The van der Waals surface area contributed by atoms with Crippen molar-refractivity contribution in [3.05, 3.63) is 23.9 Å². The Morgan fingerprint density at radius 2 is 2.33 bits per heavy atom. The first-order chi connectivity index (χ1) is 7.09. The number of pyridine rings is 1. The molecule has 2 rings (SSSR count). The van der Waals surface area contributed by atoms with Crippen LogP contribution < -0.4 is 10.6 Å². The molecule has 0 aliphatic carbocycles. The van der Waals surface area contributed by atoms with Crippen molar-refractivity contribution in [2.24, 2.45) is 0 Å². The van der Waals surface area contributed by atoms with E-state index < -0.39 is 11.6 Å². The fourth-order valence-corrected chi connectivity index (χ4v) is 1.72. The van der Waals surface area contributed by atoms with E-state index in [1.807, 2.05) is 6.92 Å². The average molecular weight is 213 g/mol. The highest BCUT2D eigenvalue weighted by Gasteiger charge is 2.29. The Hall–Kier alpha value is -1.23. The van der Waals surface area contributed by atoms with Gasteiger partial charge in [0, 0.05) is 18.2 Å². The smallest absolute Gasteiger partial charge is 0.168 e. The number of halogens is 2. The van der Waals surface area contributed by atoms with Gasteiger partial charge in [0.15, 0.2) is 11.6 Å². The molecule has 3 nitrogen and oxygen atoms in total. The fourth-order valence-electron chi connectivity index (χ4n) is 1.72. The van der Waals surface area contributed by atoms with Gasteiger partial charge in [-0.15, -0.1) is 0 Å². The molecule has 82 valence electrons. The Morgan fingerprint density at radius 1 is 1.53 bits per heavy atom. The van der Waals surface area contributed by atoms with Crippen LogP contribution in [0.25, 0.3) is 0 Å². The van der Waals surface area contributed by atoms with Crippen molar-refractivity contribution in [3.63, 3.8) is 0 Å². The van der Waals surface area contributed by atoms with Crippen molar-refractivity contribution >= 4 is 5.82 Å². The molecular formula is C10H13F2N3. The van der Waals surface area contributed by atoms with Gasteiger partial charge in [0.1, 0.15) is 5.82 Å². The van der Waals surface area contributed by atoms with Crippen molar-refractivity contribution in [1.82, 2.24) is 10.3 Å². The maximum Gasteiger partial charge on any atom is 0.168 e. The molecule has 1 aromatic heterocycles. The lowest BCUT2D eigenvalue weighted by Crippen LogP contribution is -2.37. The molecule has 0 radical (unpaired) electrons. The highest BCUT2D eigenvalue weighted by molar-refractivity contribution is 5.39. The number of hydrogen-bond acceptors (Lipinski definition) is 3. The van der Waals surface area contributed by atoms with Gasteiger partial charge in [-0.05, 0) is 19.9 Å². The van der Waals surface area contributed by atoms with Gasteiger partial charge in [-0.2, -0.15) is 0 Å². The van der Waals surface area contributed by atoms with E-state index in [0.29, 0.717) is 0 Å². The summed E-state index contributed by atoms with van der Waals surface area (Å²) in [4.78, 5) is 3.70. The first-order valence-corrected chi connectivity index (χ1v) is 4.89. The Balaban J connectivity index is 2.16. The normalized spacial score (nSPS) is 25.5. The molecule has 5 heteroatoms. The van der Waals surface area contributed by atoms with Gasteiger partial charge < -0.3 is 10.6 Å². The van der Waals surface area contributed by atoms with Crippen LogP contribution >= 0.6 is 0 Å². The summed E-state index contributed by atoms with van der Waals surface area (Å²) >= 11 is 0. The Kier molecular flexibility index (Phi) is 2.56. The van der Waals surface area contributed by atoms with E-state index in [4.69, 9.17) is 0 Å². The molecule has 1 aliphatic heterocycles. The van der Waals surface area contributed by atoms with Gasteiger partial charge in [-0.3, -0.25) is 0 Å². The van der Waals surface area contributed by atoms with Gasteiger partial charge in [0.2, 0.25) is 0 Å². The predicted octanol–water partition coefficient (Wildman–Crippen LogP) is 1.52. The minimum absolute atomic E-state index is 0.114. The third-order valence-corrected chi connectivity index (χ3v) is 2.60. The predicted molar refractivity (Wildman–Crippen MR) is 53.7 cm³/mol. The standard InChI is InChI=1S/C10H13F2N3/c1-10(2-3-13-6-10)15-9-8(12)4-7(11)5-14-9/h4-5,13H,2-3,6H2,1H3,(H,14,15). The molecule has 1 saturated heterocycles. The Bertz CT molecular complexity index is 362. The lowest BCUT2D eigenvalue weighted by Gasteiger charge is -2.25. The monoisotopic (exact) mass is 213 g/mol. The van der Waals surface area contributed by atoms with Crippen LogP contribution in [0.4, 0.5) is 14.6 Å². The SMILES string of the molecule is CC1(Nc2ncc(F)cc2F)CCNC1. The lowest BCUT2D eigenvalue weighted by molar-refractivity contribution is 0.539. The topological polar surface area (TPSA) is 37.0 Å². The van der Waals surface area contributed by atoms with E-state index in [1.165, 1.54) is 0 Å². The summed E-state index contributed by atoms with van der Waals surface area (Å²) in [5.74, 6) is -1.20. The summed E-state index contributed by atoms with van der Waals surface area (Å²) in [6.07, 6.45) is 1.91. The molecule has 0 saturated carbocycles. The zero-order chi connectivity index (χ0) is 10.9. The summed E-state index contributed by atoms with van der Waals surface area (Å²) in [6.45, 7) is 3.63. The molecule has 0 amide bonds. The first-order valence-electron chi connectivity index (χ1n) is 4.89. The van der Waals surface area contributed by atoms with Crippen LogP contribution in [0.5, 0.6) is 0 Å². The third kappa shape index (κ3) is 2.23. The molecule has 1 aliphatic rings. The van der Waals surface area contributed by atoms with E-state index >= 15 is 0 Å². The number of anilines is 1. The van der Waals surface area contributed by atoms with E-state index in [1.54, 1.807) is 0 Å². The number of hydrogen-bond donors (Lipinski definition) is 2.